The highest BCUT2D eigenvalue weighted by atomic mass is 35.5. The zero-order valence-corrected chi connectivity index (χ0v) is 13.4. The second-order valence-corrected chi connectivity index (χ2v) is 5.66. The molecule has 2 aromatic rings. The second kappa shape index (κ2) is 6.56. The van der Waals surface area contributed by atoms with Crippen LogP contribution >= 0.6 is 34.8 Å². The van der Waals surface area contributed by atoms with E-state index < -0.39 is 0 Å². The molecule has 21 heavy (non-hydrogen) atoms. The number of hydrogen-bond acceptors (Lipinski definition) is 3. The molecule has 0 aromatic heterocycles. The summed E-state index contributed by atoms with van der Waals surface area (Å²) in [7, 11) is 1.54. The molecule has 0 atom stereocenters. The summed E-state index contributed by atoms with van der Waals surface area (Å²) in [6.07, 6.45) is 0.125. The smallest absolute Gasteiger partial charge is 0.167 e. The van der Waals surface area contributed by atoms with Gasteiger partial charge < -0.3 is 10.5 Å². The van der Waals surface area contributed by atoms with E-state index in [1.165, 1.54) is 19.2 Å². The van der Waals surface area contributed by atoms with Gasteiger partial charge >= 0.3 is 0 Å². The predicted molar refractivity (Wildman–Crippen MR) is 86.9 cm³/mol. The molecular formula is C15H12Cl3NO2. The Morgan fingerprint density at radius 2 is 1.76 bits per heavy atom. The standard InChI is InChI=1S/C15H12Cl3NO2/c1-21-14-3-2-10(16)4-9(14)7-13(20)8-5-11(17)15(19)12(18)6-8/h2-6H,7,19H2,1H3. The summed E-state index contributed by atoms with van der Waals surface area (Å²) in [5, 5.41) is 1.04. The molecule has 0 saturated heterocycles. The van der Waals surface area contributed by atoms with Gasteiger partial charge in [0.2, 0.25) is 0 Å². The topological polar surface area (TPSA) is 52.3 Å². The third kappa shape index (κ3) is 3.62. The Kier molecular flexibility index (Phi) is 4.99. The minimum atomic E-state index is -0.153. The number of ketones is 1. The fraction of sp³-hybridized carbons (Fsp3) is 0.133. The van der Waals surface area contributed by atoms with Gasteiger partial charge in [-0.25, -0.2) is 0 Å². The van der Waals surface area contributed by atoms with Crippen molar-refractivity contribution >= 4 is 46.3 Å². The average Bonchev–Trinajstić information content (AvgIpc) is 2.44. The number of carbonyl (C=O) groups excluding carboxylic acids is 1. The monoisotopic (exact) mass is 343 g/mol. The Labute approximate surface area is 137 Å². The fourth-order valence-corrected chi connectivity index (χ4v) is 2.59. The molecule has 0 aliphatic rings. The highest BCUT2D eigenvalue weighted by Gasteiger charge is 2.14. The highest BCUT2D eigenvalue weighted by Crippen LogP contribution is 2.30. The van der Waals surface area contributed by atoms with Gasteiger partial charge in [0.25, 0.3) is 0 Å². The molecule has 0 fully saturated rings. The number of nitrogen functional groups attached to an aromatic ring is 1. The molecule has 0 spiro atoms. The highest BCUT2D eigenvalue weighted by molar-refractivity contribution is 6.39. The maximum absolute atomic E-state index is 12.4. The molecule has 2 rings (SSSR count). The first kappa shape index (κ1) is 16.0. The van der Waals surface area contributed by atoms with E-state index in [0.717, 1.165) is 0 Å². The van der Waals surface area contributed by atoms with Crippen molar-refractivity contribution in [2.45, 2.75) is 6.42 Å². The first-order chi connectivity index (χ1) is 9.92. The zero-order chi connectivity index (χ0) is 15.6. The van der Waals surface area contributed by atoms with Crippen LogP contribution in [0.25, 0.3) is 0 Å². The van der Waals surface area contributed by atoms with Gasteiger partial charge in [0.15, 0.2) is 5.78 Å². The minimum absolute atomic E-state index is 0.125. The van der Waals surface area contributed by atoms with Gasteiger partial charge in [-0.15, -0.1) is 0 Å². The van der Waals surface area contributed by atoms with Crippen LogP contribution in [-0.4, -0.2) is 12.9 Å². The summed E-state index contributed by atoms with van der Waals surface area (Å²) in [5.41, 5.74) is 7.00. The number of nitrogens with two attached hydrogens (primary N) is 1. The van der Waals surface area contributed by atoms with Crippen LogP contribution in [-0.2, 0) is 6.42 Å². The quantitative estimate of drug-likeness (QED) is 0.648. The van der Waals surface area contributed by atoms with E-state index in [9.17, 15) is 4.79 Å². The van der Waals surface area contributed by atoms with Crippen molar-refractivity contribution in [1.29, 1.82) is 0 Å². The summed E-state index contributed by atoms with van der Waals surface area (Å²) in [6.45, 7) is 0. The first-order valence-electron chi connectivity index (χ1n) is 6.02. The number of ether oxygens (including phenoxy) is 1. The van der Waals surface area contributed by atoms with Gasteiger partial charge in [0, 0.05) is 22.6 Å². The van der Waals surface area contributed by atoms with Gasteiger partial charge in [0.1, 0.15) is 5.75 Å². The lowest BCUT2D eigenvalue weighted by molar-refractivity contribution is 0.0992. The van der Waals surface area contributed by atoms with Crippen LogP contribution in [0, 0.1) is 0 Å². The zero-order valence-electron chi connectivity index (χ0n) is 11.1. The number of rotatable bonds is 4. The van der Waals surface area contributed by atoms with Crippen molar-refractivity contribution in [3.8, 4) is 5.75 Å². The fourth-order valence-electron chi connectivity index (χ4n) is 1.91. The lowest BCUT2D eigenvalue weighted by Gasteiger charge is -2.09. The molecule has 0 bridgehead atoms. The van der Waals surface area contributed by atoms with E-state index in [0.29, 0.717) is 21.9 Å². The SMILES string of the molecule is COc1ccc(Cl)cc1CC(=O)c1cc(Cl)c(N)c(Cl)c1. The Balaban J connectivity index is 2.32. The van der Waals surface area contributed by atoms with Crippen LogP contribution in [0.3, 0.4) is 0 Å². The van der Waals surface area contributed by atoms with E-state index in [4.69, 9.17) is 45.3 Å². The number of anilines is 1. The van der Waals surface area contributed by atoms with E-state index in [2.05, 4.69) is 0 Å². The molecule has 3 nitrogen and oxygen atoms in total. The van der Waals surface area contributed by atoms with Crippen LogP contribution < -0.4 is 10.5 Å². The van der Waals surface area contributed by atoms with Crippen LogP contribution in [0.4, 0.5) is 5.69 Å². The third-order valence-electron chi connectivity index (χ3n) is 2.99. The van der Waals surface area contributed by atoms with E-state index in [-0.39, 0.29) is 27.9 Å². The Hall–Kier alpha value is -1.42. The van der Waals surface area contributed by atoms with Crippen LogP contribution in [0.5, 0.6) is 5.75 Å². The number of hydrogen-bond donors (Lipinski definition) is 1. The molecule has 0 unspecified atom stereocenters. The molecule has 110 valence electrons. The number of methoxy groups -OCH3 is 1. The summed E-state index contributed by atoms with van der Waals surface area (Å²) < 4.78 is 5.22. The van der Waals surface area contributed by atoms with Gasteiger partial charge in [-0.1, -0.05) is 34.8 Å². The van der Waals surface area contributed by atoms with Crippen LogP contribution in [0.2, 0.25) is 15.1 Å². The molecule has 0 radical (unpaired) electrons. The predicted octanol–water partition coefficient (Wildman–Crippen LogP) is 4.66. The molecule has 0 saturated carbocycles. The van der Waals surface area contributed by atoms with Crippen molar-refractivity contribution in [2.75, 3.05) is 12.8 Å². The first-order valence-corrected chi connectivity index (χ1v) is 7.16. The Bertz CT molecular complexity index is 678. The average molecular weight is 345 g/mol. The van der Waals surface area contributed by atoms with Gasteiger partial charge in [-0.05, 0) is 30.3 Å². The van der Waals surface area contributed by atoms with Crippen molar-refractivity contribution in [2.24, 2.45) is 0 Å². The molecule has 0 aliphatic carbocycles. The van der Waals surface area contributed by atoms with Gasteiger partial charge in [-0.3, -0.25) is 4.79 Å². The van der Waals surface area contributed by atoms with E-state index in [1.807, 2.05) is 0 Å². The number of Topliss-reactive ketones (excluding diaryl/α,β-unsaturated/α-hetero) is 1. The lowest BCUT2D eigenvalue weighted by Crippen LogP contribution is -2.06. The number of benzene rings is 2. The number of halogens is 3. The van der Waals surface area contributed by atoms with E-state index >= 15 is 0 Å². The van der Waals surface area contributed by atoms with Gasteiger partial charge in [0.05, 0.1) is 22.8 Å². The second-order valence-electron chi connectivity index (χ2n) is 4.41. The molecule has 2 N–H and O–H groups in total. The maximum atomic E-state index is 12.4. The molecule has 6 heteroatoms. The van der Waals surface area contributed by atoms with Crippen molar-refractivity contribution in [3.05, 3.63) is 56.5 Å². The molecule has 0 aliphatic heterocycles. The summed E-state index contributed by atoms with van der Waals surface area (Å²) >= 11 is 17.8. The molecule has 0 amide bonds. The molecular weight excluding hydrogens is 333 g/mol. The van der Waals surface area contributed by atoms with Crippen LogP contribution in [0.1, 0.15) is 15.9 Å². The summed E-state index contributed by atoms with van der Waals surface area (Å²) in [4.78, 5) is 12.4. The Morgan fingerprint density at radius 1 is 1.14 bits per heavy atom. The lowest BCUT2D eigenvalue weighted by atomic mass is 10.0. The van der Waals surface area contributed by atoms with Crippen molar-refractivity contribution in [1.82, 2.24) is 0 Å². The Morgan fingerprint density at radius 3 is 2.33 bits per heavy atom. The molecule has 0 heterocycles. The van der Waals surface area contributed by atoms with Crippen molar-refractivity contribution < 1.29 is 9.53 Å². The van der Waals surface area contributed by atoms with Crippen molar-refractivity contribution in [3.63, 3.8) is 0 Å². The maximum Gasteiger partial charge on any atom is 0.167 e. The summed E-state index contributed by atoms with van der Waals surface area (Å²) in [5.74, 6) is 0.444. The van der Waals surface area contributed by atoms with E-state index in [1.54, 1.807) is 18.2 Å². The van der Waals surface area contributed by atoms with Gasteiger partial charge in [-0.2, -0.15) is 0 Å². The van der Waals surface area contributed by atoms with Crippen LogP contribution in [0.15, 0.2) is 30.3 Å². The third-order valence-corrected chi connectivity index (χ3v) is 3.86. The molecule has 2 aromatic carbocycles. The summed E-state index contributed by atoms with van der Waals surface area (Å²) in [6, 6.07) is 8.11. The normalized spacial score (nSPS) is 10.5. The number of carbonyl (C=O) groups is 1. The minimum Gasteiger partial charge on any atom is -0.496 e. The largest absolute Gasteiger partial charge is 0.496 e.